The Balaban J connectivity index is 1.97. The second-order valence-electron chi connectivity index (χ2n) is 33.8. The molecule has 0 fully saturated rings. The molecule has 4 unspecified atom stereocenters. The summed E-state index contributed by atoms with van der Waals surface area (Å²) in [6.45, 7) is 21.8. The molecule has 3 rings (SSSR count). The van der Waals surface area contributed by atoms with Gasteiger partial charge in [-0.2, -0.15) is 0 Å². The highest BCUT2D eigenvalue weighted by atomic mass is 16.5. The summed E-state index contributed by atoms with van der Waals surface area (Å²) < 4.78 is 28.0. The van der Waals surface area contributed by atoms with Crippen molar-refractivity contribution in [2.75, 3.05) is 26.4 Å². The molecule has 4 atom stereocenters. The van der Waals surface area contributed by atoms with Crippen LogP contribution in [0.1, 0.15) is 489 Å². The topological polar surface area (TPSA) is 36.9 Å². The standard InChI is InChI=1S/C102H178O4/c1-9-17-25-33-41-45-53-61-69-93(65-57-49-37-29-21-13-5)87-103-99-81-97(82-100(85-99)104-88-94(66-58-50-38-30-22-14-6)70-62-54-46-42-34-26-18-10-2)79-77-91-73-75-92(76-74-91)78-80-98-83-101(105-89-95(67-59-51-39-31-23-15-7)71-63-55-47-43-35-27-19-11-3)86-102(84-98)106-90-96(68-60-52-40-32-24-16-8)72-64-56-48-44-36-28-20-12-4/h73-86,93-96H,9-72,87-90H2,1-8H3/b79-77+,80-78+. The van der Waals surface area contributed by atoms with Crippen LogP contribution in [0.5, 0.6) is 23.0 Å². The largest absolute Gasteiger partial charge is 0.493 e. The Morgan fingerprint density at radius 1 is 0.179 bits per heavy atom. The van der Waals surface area contributed by atoms with Crippen LogP contribution in [-0.2, 0) is 0 Å². The third-order valence-electron chi connectivity index (χ3n) is 23.3. The van der Waals surface area contributed by atoms with Crippen LogP contribution in [0.4, 0.5) is 0 Å². The average molecular weight is 1470 g/mol. The number of ether oxygens (including phenoxy) is 4. The molecule has 4 heteroatoms. The van der Waals surface area contributed by atoms with Gasteiger partial charge in [-0.1, -0.05) is 464 Å². The molecule has 4 nitrogen and oxygen atoms in total. The predicted octanol–water partition coefficient (Wildman–Crippen LogP) is 35.1. The fourth-order valence-corrected chi connectivity index (χ4v) is 16.0. The predicted molar refractivity (Wildman–Crippen MR) is 474 cm³/mol. The van der Waals surface area contributed by atoms with Crippen molar-refractivity contribution in [2.24, 2.45) is 23.7 Å². The molecule has 3 aromatic carbocycles. The molecule has 0 aliphatic carbocycles. The maximum atomic E-state index is 6.99. The van der Waals surface area contributed by atoms with Crippen LogP contribution in [0.25, 0.3) is 24.3 Å². The van der Waals surface area contributed by atoms with E-state index in [2.05, 4.69) is 140 Å². The smallest absolute Gasteiger partial charge is 0.123 e. The number of hydrogen-bond acceptors (Lipinski definition) is 4. The Kier molecular flexibility index (Phi) is 66.4. The number of benzene rings is 3. The van der Waals surface area contributed by atoms with Gasteiger partial charge in [0.1, 0.15) is 23.0 Å². The highest BCUT2D eigenvalue weighted by Crippen LogP contribution is 2.33. The van der Waals surface area contributed by atoms with Gasteiger partial charge in [0.15, 0.2) is 0 Å². The second kappa shape index (κ2) is 72.9. The lowest BCUT2D eigenvalue weighted by molar-refractivity contribution is 0.214. The zero-order valence-corrected chi connectivity index (χ0v) is 72.1. The first-order chi connectivity index (χ1) is 52.4. The van der Waals surface area contributed by atoms with Gasteiger partial charge < -0.3 is 18.9 Å². The van der Waals surface area contributed by atoms with E-state index in [9.17, 15) is 0 Å². The first-order valence-electron chi connectivity index (χ1n) is 47.6. The maximum Gasteiger partial charge on any atom is 0.123 e. The molecule has 0 aromatic heterocycles. The SMILES string of the molecule is CCCCCCCCCCC(CCCCCCCC)COc1cc(/C=C/c2ccc(/C=C/c3cc(OCC(CCCCCCCC)CCCCCCCCCC)cc(OCC(CCCCCCCC)CCCCCCCCCC)c3)cc2)cc(OCC(CCCCCCCC)CCCCCCCCCC)c1. The summed E-state index contributed by atoms with van der Waals surface area (Å²) in [4.78, 5) is 0. The van der Waals surface area contributed by atoms with E-state index >= 15 is 0 Å². The van der Waals surface area contributed by atoms with E-state index in [4.69, 9.17) is 18.9 Å². The lowest BCUT2D eigenvalue weighted by Crippen LogP contribution is -2.14. The van der Waals surface area contributed by atoms with Gasteiger partial charge in [-0.25, -0.2) is 0 Å². The minimum Gasteiger partial charge on any atom is -0.493 e. The van der Waals surface area contributed by atoms with Crippen molar-refractivity contribution < 1.29 is 18.9 Å². The number of hydrogen-bond donors (Lipinski definition) is 0. The van der Waals surface area contributed by atoms with Gasteiger partial charge in [-0.15, -0.1) is 0 Å². The van der Waals surface area contributed by atoms with Crippen LogP contribution in [0, 0.1) is 23.7 Å². The molecule has 0 saturated heterocycles. The summed E-state index contributed by atoms with van der Waals surface area (Å²) in [5.41, 5.74) is 4.67. The Bertz CT molecular complexity index is 2090. The fraction of sp³-hybridized carbons (Fsp3) is 0.784. The molecular weight excluding hydrogens is 1290 g/mol. The van der Waals surface area contributed by atoms with Gasteiger partial charge in [-0.05, 0) is 122 Å². The zero-order chi connectivity index (χ0) is 75.7. The van der Waals surface area contributed by atoms with Crippen molar-refractivity contribution in [3.63, 3.8) is 0 Å². The van der Waals surface area contributed by atoms with Gasteiger partial charge in [-0.3, -0.25) is 0 Å². The summed E-state index contributed by atoms with van der Waals surface area (Å²) >= 11 is 0. The Labute approximate surface area is 661 Å². The van der Waals surface area contributed by atoms with E-state index in [1.165, 1.54) is 422 Å². The molecule has 0 heterocycles. The minimum absolute atomic E-state index is 0.585. The molecular formula is C102H178O4. The maximum absolute atomic E-state index is 6.99. The molecule has 3 aromatic rings. The number of rotatable bonds is 80. The van der Waals surface area contributed by atoms with Crippen molar-refractivity contribution in [1.82, 2.24) is 0 Å². The molecule has 0 N–H and O–H groups in total. The van der Waals surface area contributed by atoms with E-state index in [1.807, 2.05) is 0 Å². The highest BCUT2D eigenvalue weighted by Gasteiger charge is 2.17. The van der Waals surface area contributed by atoms with Crippen molar-refractivity contribution in [2.45, 2.75) is 466 Å². The van der Waals surface area contributed by atoms with Crippen LogP contribution in [-0.4, -0.2) is 26.4 Å². The Morgan fingerprint density at radius 3 is 0.481 bits per heavy atom. The molecule has 0 radical (unpaired) electrons. The summed E-state index contributed by atoms with van der Waals surface area (Å²) in [6.07, 6.45) is 95.4. The lowest BCUT2D eigenvalue weighted by atomic mass is 9.94. The van der Waals surface area contributed by atoms with Crippen LogP contribution in [0.3, 0.4) is 0 Å². The van der Waals surface area contributed by atoms with Gasteiger partial charge in [0.05, 0.1) is 26.4 Å². The van der Waals surface area contributed by atoms with Gasteiger partial charge in [0.25, 0.3) is 0 Å². The first-order valence-corrected chi connectivity index (χ1v) is 47.6. The van der Waals surface area contributed by atoms with Crippen LogP contribution < -0.4 is 18.9 Å². The Morgan fingerprint density at radius 2 is 0.321 bits per heavy atom. The molecule has 0 saturated carbocycles. The molecule has 0 aliphatic rings. The molecule has 0 aliphatic heterocycles. The minimum atomic E-state index is 0.585. The molecule has 106 heavy (non-hydrogen) atoms. The van der Waals surface area contributed by atoms with Gasteiger partial charge in [0.2, 0.25) is 0 Å². The third kappa shape index (κ3) is 56.5. The summed E-state index contributed by atoms with van der Waals surface area (Å²) in [5.74, 6) is 6.17. The van der Waals surface area contributed by atoms with Crippen LogP contribution >= 0.6 is 0 Å². The van der Waals surface area contributed by atoms with Crippen molar-refractivity contribution >= 4 is 24.3 Å². The molecule has 0 amide bonds. The molecule has 610 valence electrons. The number of unbranched alkanes of at least 4 members (excludes halogenated alkanes) is 48. The van der Waals surface area contributed by atoms with Crippen LogP contribution in [0.15, 0.2) is 60.7 Å². The zero-order valence-electron chi connectivity index (χ0n) is 72.1. The third-order valence-corrected chi connectivity index (χ3v) is 23.3. The lowest BCUT2D eigenvalue weighted by Gasteiger charge is -2.20. The van der Waals surface area contributed by atoms with Crippen molar-refractivity contribution in [3.8, 4) is 23.0 Å². The molecule has 0 spiro atoms. The van der Waals surface area contributed by atoms with Crippen molar-refractivity contribution in [3.05, 3.63) is 82.9 Å². The van der Waals surface area contributed by atoms with Gasteiger partial charge in [0, 0.05) is 12.1 Å². The monoisotopic (exact) mass is 1470 g/mol. The van der Waals surface area contributed by atoms with Gasteiger partial charge >= 0.3 is 0 Å². The van der Waals surface area contributed by atoms with E-state index in [1.54, 1.807) is 0 Å². The van der Waals surface area contributed by atoms with E-state index in [0.717, 1.165) is 60.6 Å². The molecule has 0 bridgehead atoms. The normalized spacial score (nSPS) is 13.0. The van der Waals surface area contributed by atoms with Crippen LogP contribution in [0.2, 0.25) is 0 Å². The van der Waals surface area contributed by atoms with E-state index < -0.39 is 0 Å². The Hall–Kier alpha value is -3.66. The van der Waals surface area contributed by atoms with E-state index in [-0.39, 0.29) is 0 Å². The average Bonchev–Trinajstić information content (AvgIpc) is 0.864. The highest BCUT2D eigenvalue weighted by molar-refractivity contribution is 5.74. The second-order valence-corrected chi connectivity index (χ2v) is 33.8. The summed E-state index contributed by atoms with van der Waals surface area (Å²) in [5, 5.41) is 0. The fourth-order valence-electron chi connectivity index (χ4n) is 16.0. The quantitative estimate of drug-likeness (QED) is 0.0417. The first kappa shape index (κ1) is 96.5. The van der Waals surface area contributed by atoms with Crippen molar-refractivity contribution in [1.29, 1.82) is 0 Å². The van der Waals surface area contributed by atoms with E-state index in [0.29, 0.717) is 23.7 Å². The summed E-state index contributed by atoms with van der Waals surface area (Å²) in [6, 6.07) is 22.7. The summed E-state index contributed by atoms with van der Waals surface area (Å²) in [7, 11) is 0.